The highest BCUT2D eigenvalue weighted by molar-refractivity contribution is 9.10. The van der Waals surface area contributed by atoms with Crippen molar-refractivity contribution in [3.05, 3.63) is 34.1 Å². The van der Waals surface area contributed by atoms with Gasteiger partial charge in [-0.1, -0.05) is 22.0 Å². The highest BCUT2D eigenvalue weighted by Gasteiger charge is 2.27. The number of hydrogen-bond donors (Lipinski definition) is 1. The predicted molar refractivity (Wildman–Crippen MR) is 59.1 cm³/mol. The molecule has 0 aliphatic carbocycles. The van der Waals surface area contributed by atoms with E-state index in [2.05, 4.69) is 15.9 Å². The lowest BCUT2D eigenvalue weighted by Crippen LogP contribution is -2.16. The molecule has 0 amide bonds. The number of rotatable bonds is 4. The van der Waals surface area contributed by atoms with Crippen LogP contribution in [0.2, 0.25) is 0 Å². The van der Waals surface area contributed by atoms with E-state index in [-0.39, 0.29) is 12.8 Å². The largest absolute Gasteiger partial charge is 0.393 e. The van der Waals surface area contributed by atoms with Crippen LogP contribution in [-0.2, 0) is 6.42 Å². The second-order valence-electron chi connectivity index (χ2n) is 3.75. The Morgan fingerprint density at radius 2 is 1.94 bits per heavy atom. The first-order valence-electron chi connectivity index (χ1n) is 4.96. The summed E-state index contributed by atoms with van der Waals surface area (Å²) in [5, 5.41) is 9.45. The minimum atomic E-state index is -4.26. The zero-order chi connectivity index (χ0) is 13.1. The molecule has 0 saturated carbocycles. The summed E-state index contributed by atoms with van der Waals surface area (Å²) in [6.45, 7) is 0. The van der Waals surface area contributed by atoms with Crippen LogP contribution in [0.5, 0.6) is 0 Å². The molecule has 1 unspecified atom stereocenters. The van der Waals surface area contributed by atoms with Crippen molar-refractivity contribution in [2.45, 2.75) is 31.5 Å². The fourth-order valence-corrected chi connectivity index (χ4v) is 1.89. The zero-order valence-electron chi connectivity index (χ0n) is 8.77. The molecule has 96 valence electrons. The maximum absolute atomic E-state index is 12.7. The maximum atomic E-state index is 12.7. The lowest BCUT2D eigenvalue weighted by molar-refractivity contribution is -0.139. The Labute approximate surface area is 105 Å². The molecular weight excluding hydrogens is 304 g/mol. The highest BCUT2D eigenvalue weighted by atomic mass is 79.9. The van der Waals surface area contributed by atoms with Gasteiger partial charge in [-0.2, -0.15) is 13.2 Å². The monoisotopic (exact) mass is 314 g/mol. The van der Waals surface area contributed by atoms with E-state index in [4.69, 9.17) is 0 Å². The molecule has 0 radical (unpaired) electrons. The summed E-state index contributed by atoms with van der Waals surface area (Å²) in [5.41, 5.74) is 0.584. The number of aliphatic hydroxyl groups is 1. The minimum Gasteiger partial charge on any atom is -0.393 e. The maximum Gasteiger partial charge on any atom is 0.389 e. The van der Waals surface area contributed by atoms with Gasteiger partial charge in [-0.05, 0) is 30.5 Å². The van der Waals surface area contributed by atoms with E-state index in [1.807, 2.05) is 0 Å². The van der Waals surface area contributed by atoms with Crippen LogP contribution in [0.1, 0.15) is 18.4 Å². The van der Waals surface area contributed by atoms with E-state index in [1.165, 1.54) is 18.2 Å². The molecule has 0 spiro atoms. The van der Waals surface area contributed by atoms with Gasteiger partial charge in [0.1, 0.15) is 5.82 Å². The van der Waals surface area contributed by atoms with Crippen molar-refractivity contribution in [1.29, 1.82) is 0 Å². The van der Waals surface area contributed by atoms with E-state index in [0.29, 0.717) is 10.0 Å². The number of aliphatic hydroxyl groups excluding tert-OH is 1. The minimum absolute atomic E-state index is 0.0664. The normalized spacial score (nSPS) is 13.8. The van der Waals surface area contributed by atoms with Crippen molar-refractivity contribution >= 4 is 15.9 Å². The number of alkyl halides is 3. The first kappa shape index (κ1) is 14.4. The van der Waals surface area contributed by atoms with Crippen molar-refractivity contribution in [3.63, 3.8) is 0 Å². The molecule has 6 heteroatoms. The van der Waals surface area contributed by atoms with Gasteiger partial charge in [0.05, 0.1) is 6.10 Å². The zero-order valence-corrected chi connectivity index (χ0v) is 10.4. The first-order chi connectivity index (χ1) is 7.78. The van der Waals surface area contributed by atoms with E-state index in [0.717, 1.165) is 0 Å². The predicted octanol–water partition coefficient (Wildman–Crippen LogP) is 3.83. The second kappa shape index (κ2) is 5.82. The van der Waals surface area contributed by atoms with Gasteiger partial charge in [-0.3, -0.25) is 0 Å². The van der Waals surface area contributed by atoms with Gasteiger partial charge in [-0.15, -0.1) is 0 Å². The van der Waals surface area contributed by atoms with Gasteiger partial charge in [-0.25, -0.2) is 4.39 Å². The molecule has 0 aliphatic rings. The van der Waals surface area contributed by atoms with Crippen molar-refractivity contribution in [3.8, 4) is 0 Å². The Balaban J connectivity index is 2.53. The van der Waals surface area contributed by atoms with Crippen LogP contribution in [0.4, 0.5) is 17.6 Å². The lowest BCUT2D eigenvalue weighted by Gasteiger charge is -2.13. The SMILES string of the molecule is OC(CCC(F)(F)F)Cc1ccc(F)cc1Br. The Hall–Kier alpha value is -0.620. The third-order valence-corrected chi connectivity index (χ3v) is 2.97. The molecule has 1 atom stereocenters. The number of halogens is 5. The summed E-state index contributed by atoms with van der Waals surface area (Å²) in [6.07, 6.45) is -6.66. The first-order valence-corrected chi connectivity index (χ1v) is 5.76. The molecule has 0 bridgehead atoms. The molecule has 1 aromatic carbocycles. The molecule has 0 heterocycles. The molecule has 17 heavy (non-hydrogen) atoms. The average Bonchev–Trinajstić information content (AvgIpc) is 2.18. The summed E-state index contributed by atoms with van der Waals surface area (Å²) >= 11 is 3.09. The summed E-state index contributed by atoms with van der Waals surface area (Å²) in [6, 6.07) is 3.86. The van der Waals surface area contributed by atoms with Gasteiger partial charge in [0.25, 0.3) is 0 Å². The highest BCUT2D eigenvalue weighted by Crippen LogP contribution is 2.25. The summed E-state index contributed by atoms with van der Waals surface area (Å²) in [7, 11) is 0. The van der Waals surface area contributed by atoms with E-state index < -0.39 is 24.5 Å². The van der Waals surface area contributed by atoms with Gasteiger partial charge >= 0.3 is 6.18 Å². The van der Waals surface area contributed by atoms with E-state index in [1.54, 1.807) is 0 Å². The molecule has 0 fully saturated rings. The number of hydrogen-bond acceptors (Lipinski definition) is 1. The fourth-order valence-electron chi connectivity index (χ4n) is 1.37. The van der Waals surface area contributed by atoms with Crippen molar-refractivity contribution in [2.75, 3.05) is 0 Å². The molecule has 1 N–H and O–H groups in total. The molecule has 0 aliphatic heterocycles. The topological polar surface area (TPSA) is 20.2 Å². The molecular formula is C11H11BrF4O. The Morgan fingerprint density at radius 1 is 1.29 bits per heavy atom. The van der Waals surface area contributed by atoms with E-state index >= 15 is 0 Å². The Bertz CT molecular complexity index is 378. The van der Waals surface area contributed by atoms with Gasteiger partial charge in [0.15, 0.2) is 0 Å². The summed E-state index contributed by atoms with van der Waals surface area (Å²) in [4.78, 5) is 0. The third kappa shape index (κ3) is 5.50. The van der Waals surface area contributed by atoms with Gasteiger partial charge < -0.3 is 5.11 Å². The second-order valence-corrected chi connectivity index (χ2v) is 4.60. The molecule has 1 rings (SSSR count). The summed E-state index contributed by atoms with van der Waals surface area (Å²) < 4.78 is 48.9. The van der Waals surface area contributed by atoms with Crippen molar-refractivity contribution in [1.82, 2.24) is 0 Å². The van der Waals surface area contributed by atoms with Crippen LogP contribution in [0.25, 0.3) is 0 Å². The Kier molecular flexibility index (Phi) is 4.94. The molecule has 0 aromatic heterocycles. The standard InChI is InChI=1S/C11H11BrF4O/c12-10-6-8(13)2-1-7(10)5-9(17)3-4-11(14,15)16/h1-2,6,9,17H,3-5H2. The van der Waals surface area contributed by atoms with Crippen LogP contribution in [0.3, 0.4) is 0 Å². The molecule has 0 saturated heterocycles. The van der Waals surface area contributed by atoms with Crippen LogP contribution in [0, 0.1) is 5.82 Å². The lowest BCUT2D eigenvalue weighted by atomic mass is 10.0. The average molecular weight is 315 g/mol. The van der Waals surface area contributed by atoms with Crippen LogP contribution < -0.4 is 0 Å². The number of benzene rings is 1. The smallest absolute Gasteiger partial charge is 0.389 e. The van der Waals surface area contributed by atoms with Crippen molar-refractivity contribution < 1.29 is 22.7 Å². The fraction of sp³-hybridized carbons (Fsp3) is 0.455. The van der Waals surface area contributed by atoms with Gasteiger partial charge in [0, 0.05) is 10.9 Å². The molecule has 1 aromatic rings. The summed E-state index contributed by atoms with van der Waals surface area (Å²) in [5.74, 6) is -0.439. The Morgan fingerprint density at radius 3 is 2.47 bits per heavy atom. The van der Waals surface area contributed by atoms with Crippen LogP contribution in [0.15, 0.2) is 22.7 Å². The van der Waals surface area contributed by atoms with Crippen molar-refractivity contribution in [2.24, 2.45) is 0 Å². The van der Waals surface area contributed by atoms with Crippen LogP contribution >= 0.6 is 15.9 Å². The quantitative estimate of drug-likeness (QED) is 0.837. The van der Waals surface area contributed by atoms with E-state index in [9.17, 15) is 22.7 Å². The molecule has 1 nitrogen and oxygen atoms in total. The van der Waals surface area contributed by atoms with Gasteiger partial charge in [0.2, 0.25) is 0 Å². The third-order valence-electron chi connectivity index (χ3n) is 2.23. The van der Waals surface area contributed by atoms with Crippen LogP contribution in [-0.4, -0.2) is 17.4 Å².